The molecule has 134 valence electrons. The summed E-state index contributed by atoms with van der Waals surface area (Å²) in [6.07, 6.45) is 3.92. The van der Waals surface area contributed by atoms with Gasteiger partial charge in [0.1, 0.15) is 18.2 Å². The number of nitrogens with one attached hydrogen (secondary N) is 3. The van der Waals surface area contributed by atoms with Crippen molar-refractivity contribution in [2.45, 2.75) is 12.8 Å². The van der Waals surface area contributed by atoms with E-state index in [9.17, 15) is 0 Å². The van der Waals surface area contributed by atoms with E-state index in [-0.39, 0.29) is 0 Å². The molecule has 6 nitrogen and oxygen atoms in total. The van der Waals surface area contributed by atoms with Gasteiger partial charge in [-0.3, -0.25) is 4.99 Å². The Hall–Kier alpha value is -2.76. The molecule has 2 aromatic rings. The Morgan fingerprint density at radius 2 is 1.72 bits per heavy atom. The maximum atomic E-state index is 5.64. The van der Waals surface area contributed by atoms with E-state index in [1.54, 1.807) is 13.2 Å². The summed E-state index contributed by atoms with van der Waals surface area (Å²) in [7, 11) is 1.77. The predicted octanol–water partition coefficient (Wildman–Crippen LogP) is 2.52. The molecule has 1 heterocycles. The second kappa shape index (κ2) is 11.7. The van der Waals surface area contributed by atoms with Gasteiger partial charge in [-0.15, -0.1) is 0 Å². The molecule has 3 N–H and O–H groups in total. The number of aromatic nitrogens is 1. The molecule has 0 radical (unpaired) electrons. The van der Waals surface area contributed by atoms with Crippen LogP contribution < -0.4 is 20.7 Å². The summed E-state index contributed by atoms with van der Waals surface area (Å²) in [5.41, 5.74) is 0. The zero-order valence-corrected chi connectivity index (χ0v) is 14.7. The van der Waals surface area contributed by atoms with E-state index >= 15 is 0 Å². The van der Waals surface area contributed by atoms with Gasteiger partial charge >= 0.3 is 0 Å². The zero-order valence-electron chi connectivity index (χ0n) is 14.7. The van der Waals surface area contributed by atoms with Crippen LogP contribution in [0.2, 0.25) is 0 Å². The molecule has 0 aliphatic carbocycles. The summed E-state index contributed by atoms with van der Waals surface area (Å²) in [4.78, 5) is 8.45. The zero-order chi connectivity index (χ0) is 17.6. The number of aliphatic imine (C=N–C) groups is 1. The number of anilines is 1. The molecule has 0 aliphatic heterocycles. The number of pyridine rings is 1. The number of para-hydroxylation sites is 1. The molecule has 6 heteroatoms. The predicted molar refractivity (Wildman–Crippen MR) is 103 cm³/mol. The fraction of sp³-hybridized carbons (Fsp3) is 0.368. The number of ether oxygens (including phenoxy) is 1. The third kappa shape index (κ3) is 8.06. The van der Waals surface area contributed by atoms with Gasteiger partial charge in [-0.2, -0.15) is 0 Å². The van der Waals surface area contributed by atoms with Gasteiger partial charge < -0.3 is 20.7 Å². The molecular formula is C19H27N5O. The van der Waals surface area contributed by atoms with Crippen LogP contribution in [0.15, 0.2) is 59.7 Å². The van der Waals surface area contributed by atoms with Gasteiger partial charge in [0.25, 0.3) is 0 Å². The van der Waals surface area contributed by atoms with Gasteiger partial charge in [0.2, 0.25) is 0 Å². The third-order valence-corrected chi connectivity index (χ3v) is 3.50. The minimum Gasteiger partial charge on any atom is -0.492 e. The molecule has 0 spiro atoms. The first-order valence-corrected chi connectivity index (χ1v) is 8.66. The van der Waals surface area contributed by atoms with Crippen LogP contribution in [0.1, 0.15) is 12.8 Å². The fourth-order valence-electron chi connectivity index (χ4n) is 2.22. The Labute approximate surface area is 149 Å². The highest BCUT2D eigenvalue weighted by Crippen LogP contribution is 2.07. The number of guanidine groups is 1. The summed E-state index contributed by atoms with van der Waals surface area (Å²) >= 11 is 0. The quantitative estimate of drug-likeness (QED) is 0.352. The lowest BCUT2D eigenvalue weighted by atomic mass is 10.3. The van der Waals surface area contributed by atoms with E-state index in [1.165, 1.54) is 0 Å². The van der Waals surface area contributed by atoms with E-state index in [0.717, 1.165) is 43.5 Å². The number of nitrogens with zero attached hydrogens (tertiary/aromatic N) is 2. The topological polar surface area (TPSA) is 70.6 Å². The van der Waals surface area contributed by atoms with Crippen molar-refractivity contribution in [2.24, 2.45) is 4.99 Å². The molecule has 0 amide bonds. The Morgan fingerprint density at radius 3 is 2.48 bits per heavy atom. The van der Waals surface area contributed by atoms with Crippen molar-refractivity contribution in [3.63, 3.8) is 0 Å². The first kappa shape index (κ1) is 18.6. The number of unbranched alkanes of at least 4 members (excludes halogenated alkanes) is 1. The number of hydrogen-bond donors (Lipinski definition) is 3. The Morgan fingerprint density at radius 1 is 0.960 bits per heavy atom. The third-order valence-electron chi connectivity index (χ3n) is 3.50. The van der Waals surface area contributed by atoms with Crippen molar-refractivity contribution < 1.29 is 4.74 Å². The molecule has 0 unspecified atom stereocenters. The lowest BCUT2D eigenvalue weighted by molar-refractivity contribution is 0.322. The van der Waals surface area contributed by atoms with Crippen molar-refractivity contribution in [1.29, 1.82) is 0 Å². The van der Waals surface area contributed by atoms with Crippen LogP contribution in [-0.2, 0) is 0 Å². The normalized spacial score (nSPS) is 11.0. The van der Waals surface area contributed by atoms with Crippen LogP contribution in [0, 0.1) is 0 Å². The van der Waals surface area contributed by atoms with Crippen LogP contribution in [0.4, 0.5) is 5.82 Å². The second-order valence-corrected chi connectivity index (χ2v) is 5.44. The first-order valence-electron chi connectivity index (χ1n) is 8.66. The number of hydrogen-bond acceptors (Lipinski definition) is 4. The van der Waals surface area contributed by atoms with E-state index in [2.05, 4.69) is 25.9 Å². The molecule has 0 fully saturated rings. The highest BCUT2D eigenvalue weighted by molar-refractivity contribution is 5.79. The summed E-state index contributed by atoms with van der Waals surface area (Å²) in [6.45, 7) is 3.09. The molecule has 0 bridgehead atoms. The van der Waals surface area contributed by atoms with E-state index in [4.69, 9.17) is 4.74 Å². The minimum atomic E-state index is 0.596. The molecule has 0 saturated heterocycles. The molecule has 1 aromatic carbocycles. The largest absolute Gasteiger partial charge is 0.492 e. The molecule has 2 rings (SSSR count). The van der Waals surface area contributed by atoms with Crippen molar-refractivity contribution in [3.8, 4) is 5.75 Å². The van der Waals surface area contributed by atoms with Gasteiger partial charge in [0, 0.05) is 26.3 Å². The van der Waals surface area contributed by atoms with Crippen molar-refractivity contribution >= 4 is 11.8 Å². The maximum Gasteiger partial charge on any atom is 0.191 e. The molecule has 0 aliphatic rings. The standard InChI is InChI=1S/C19H27N5O/c1-20-19(24-15-16-25-17-9-3-2-4-10-17)23-14-8-7-13-22-18-11-5-6-12-21-18/h2-6,9-12H,7-8,13-16H2,1H3,(H,21,22)(H2,20,23,24). The minimum absolute atomic E-state index is 0.596. The monoisotopic (exact) mass is 341 g/mol. The molecule has 1 aromatic heterocycles. The summed E-state index contributed by atoms with van der Waals surface area (Å²) in [6, 6.07) is 15.7. The average Bonchev–Trinajstić information content (AvgIpc) is 2.67. The summed E-state index contributed by atoms with van der Waals surface area (Å²) < 4.78 is 5.64. The van der Waals surface area contributed by atoms with Crippen LogP contribution in [0.3, 0.4) is 0 Å². The van der Waals surface area contributed by atoms with Crippen LogP contribution >= 0.6 is 0 Å². The van der Waals surface area contributed by atoms with Crippen LogP contribution in [0.25, 0.3) is 0 Å². The van der Waals surface area contributed by atoms with Gasteiger partial charge in [0.05, 0.1) is 6.54 Å². The SMILES string of the molecule is CN=C(NCCCCNc1ccccn1)NCCOc1ccccc1. The fourth-order valence-corrected chi connectivity index (χ4v) is 2.22. The highest BCUT2D eigenvalue weighted by atomic mass is 16.5. The summed E-state index contributed by atoms with van der Waals surface area (Å²) in [5.74, 6) is 2.60. The lowest BCUT2D eigenvalue weighted by Gasteiger charge is -2.12. The van der Waals surface area contributed by atoms with Crippen LogP contribution in [-0.4, -0.2) is 44.2 Å². The number of benzene rings is 1. The second-order valence-electron chi connectivity index (χ2n) is 5.44. The van der Waals surface area contributed by atoms with Gasteiger partial charge in [0.15, 0.2) is 5.96 Å². The van der Waals surface area contributed by atoms with Gasteiger partial charge in [-0.25, -0.2) is 4.98 Å². The van der Waals surface area contributed by atoms with Crippen molar-refractivity contribution in [1.82, 2.24) is 15.6 Å². The van der Waals surface area contributed by atoms with E-state index in [0.29, 0.717) is 13.2 Å². The first-order chi connectivity index (χ1) is 12.4. The van der Waals surface area contributed by atoms with Gasteiger partial charge in [-0.1, -0.05) is 24.3 Å². The Kier molecular flexibility index (Phi) is 8.71. The molecule has 0 saturated carbocycles. The molecule has 0 atom stereocenters. The van der Waals surface area contributed by atoms with Crippen molar-refractivity contribution in [2.75, 3.05) is 38.6 Å². The van der Waals surface area contributed by atoms with E-state index < -0.39 is 0 Å². The van der Waals surface area contributed by atoms with Crippen LogP contribution in [0.5, 0.6) is 5.75 Å². The average molecular weight is 341 g/mol. The molecule has 25 heavy (non-hydrogen) atoms. The maximum absolute atomic E-state index is 5.64. The van der Waals surface area contributed by atoms with Crippen molar-refractivity contribution in [3.05, 3.63) is 54.7 Å². The Balaban J connectivity index is 1.49. The van der Waals surface area contributed by atoms with Gasteiger partial charge in [-0.05, 0) is 37.1 Å². The highest BCUT2D eigenvalue weighted by Gasteiger charge is 1.98. The summed E-state index contributed by atoms with van der Waals surface area (Å²) in [5, 5.41) is 9.85. The smallest absolute Gasteiger partial charge is 0.191 e. The van der Waals surface area contributed by atoms with E-state index in [1.807, 2.05) is 48.5 Å². The lowest BCUT2D eigenvalue weighted by Crippen LogP contribution is -2.39. The number of rotatable bonds is 10. The molecular weight excluding hydrogens is 314 g/mol. The Bertz CT molecular complexity index is 604.